The fourth-order valence-corrected chi connectivity index (χ4v) is 1.72. The molecule has 1 aromatic rings. The number of carbonyl (C=O) groups excluding carboxylic acids is 1. The first-order valence-corrected chi connectivity index (χ1v) is 6.02. The van der Waals surface area contributed by atoms with Gasteiger partial charge in [-0.3, -0.25) is 4.79 Å². The lowest BCUT2D eigenvalue weighted by Crippen LogP contribution is -2.36. The zero-order valence-corrected chi connectivity index (χ0v) is 11.0. The number of halogens is 1. The summed E-state index contributed by atoms with van der Waals surface area (Å²) in [6.45, 7) is 3.87. The van der Waals surface area contributed by atoms with Crippen molar-refractivity contribution in [3.8, 4) is 0 Å². The molecule has 1 aromatic heterocycles. The lowest BCUT2D eigenvalue weighted by Gasteiger charge is -2.13. The zero-order chi connectivity index (χ0) is 13.7. The normalized spacial score (nSPS) is 10.7. The summed E-state index contributed by atoms with van der Waals surface area (Å²) in [6.07, 6.45) is 2.94. The Morgan fingerprint density at radius 2 is 2.22 bits per heavy atom. The van der Waals surface area contributed by atoms with Crippen LogP contribution in [0.15, 0.2) is 6.20 Å². The highest BCUT2D eigenvalue weighted by atomic mass is 35.5. The fraction of sp³-hybridized carbons (Fsp3) is 0.600. The van der Waals surface area contributed by atoms with Crippen molar-refractivity contribution in [2.24, 2.45) is 0 Å². The summed E-state index contributed by atoms with van der Waals surface area (Å²) in [6, 6.07) is 0.110. The van der Waals surface area contributed by atoms with Gasteiger partial charge in [-0.2, -0.15) is 4.68 Å². The summed E-state index contributed by atoms with van der Waals surface area (Å²) < 4.78 is 1.16. The Morgan fingerprint density at radius 1 is 1.61 bits per heavy atom. The molecule has 0 spiro atoms. The predicted molar refractivity (Wildman–Crippen MR) is 66.4 cm³/mol. The van der Waals surface area contributed by atoms with Crippen molar-refractivity contribution in [1.82, 2.24) is 15.1 Å². The Balaban J connectivity index is 2.65. The summed E-state index contributed by atoms with van der Waals surface area (Å²) in [4.78, 5) is 21.5. The Kier molecular flexibility index (Phi) is 5.08. The van der Waals surface area contributed by atoms with Crippen LogP contribution < -0.4 is 5.32 Å². The summed E-state index contributed by atoms with van der Waals surface area (Å²) in [5, 5.41) is 16.9. The number of carbonyl (C=O) groups is 1. The predicted octanol–water partition coefficient (Wildman–Crippen LogP) is 1.75. The van der Waals surface area contributed by atoms with Gasteiger partial charge in [-0.15, -0.1) is 0 Å². The molecule has 0 radical (unpaired) electrons. The SMILES string of the molecule is CCC(CC)NC(=O)Cn1cc(Cl)c([N+](=O)[O-])n1. The summed E-state index contributed by atoms with van der Waals surface area (Å²) >= 11 is 5.63. The first kappa shape index (κ1) is 14.4. The Labute approximate surface area is 109 Å². The highest BCUT2D eigenvalue weighted by Gasteiger charge is 2.20. The second-order valence-electron chi connectivity index (χ2n) is 3.84. The highest BCUT2D eigenvalue weighted by molar-refractivity contribution is 6.32. The van der Waals surface area contributed by atoms with Crippen LogP contribution in [0.2, 0.25) is 5.02 Å². The Hall–Kier alpha value is -1.63. The zero-order valence-electron chi connectivity index (χ0n) is 10.2. The molecule has 0 bridgehead atoms. The fourth-order valence-electron chi connectivity index (χ4n) is 1.50. The third-order valence-electron chi connectivity index (χ3n) is 2.53. The first-order chi connectivity index (χ1) is 8.47. The van der Waals surface area contributed by atoms with Crippen LogP contribution in [-0.2, 0) is 11.3 Å². The largest absolute Gasteiger partial charge is 0.408 e. The molecule has 0 aliphatic heterocycles. The summed E-state index contributed by atoms with van der Waals surface area (Å²) in [5.74, 6) is -0.676. The number of rotatable bonds is 6. The van der Waals surface area contributed by atoms with Gasteiger partial charge in [-0.1, -0.05) is 25.4 Å². The second kappa shape index (κ2) is 6.34. The average Bonchev–Trinajstić information content (AvgIpc) is 2.67. The maximum absolute atomic E-state index is 11.6. The number of nitrogens with zero attached hydrogens (tertiary/aromatic N) is 3. The third-order valence-corrected chi connectivity index (χ3v) is 2.80. The quantitative estimate of drug-likeness (QED) is 0.632. The molecule has 1 N–H and O–H groups in total. The second-order valence-corrected chi connectivity index (χ2v) is 4.24. The van der Waals surface area contributed by atoms with Crippen molar-refractivity contribution in [1.29, 1.82) is 0 Å². The molecule has 0 unspecified atom stereocenters. The van der Waals surface area contributed by atoms with Gasteiger partial charge in [-0.25, -0.2) is 0 Å². The number of hydrogen-bond donors (Lipinski definition) is 1. The van der Waals surface area contributed by atoms with Gasteiger partial charge < -0.3 is 15.4 Å². The lowest BCUT2D eigenvalue weighted by molar-refractivity contribution is -0.389. The first-order valence-electron chi connectivity index (χ1n) is 5.64. The van der Waals surface area contributed by atoms with Crippen molar-refractivity contribution < 1.29 is 9.72 Å². The molecule has 100 valence electrons. The van der Waals surface area contributed by atoms with Gasteiger partial charge in [0.15, 0.2) is 5.02 Å². The van der Waals surface area contributed by atoms with Crippen LogP contribution in [0.25, 0.3) is 0 Å². The van der Waals surface area contributed by atoms with Crippen LogP contribution in [0.1, 0.15) is 26.7 Å². The Bertz CT molecular complexity index is 442. The molecule has 1 heterocycles. The average molecular weight is 275 g/mol. The lowest BCUT2D eigenvalue weighted by atomic mass is 10.2. The number of amides is 1. The van der Waals surface area contributed by atoms with E-state index in [9.17, 15) is 14.9 Å². The molecule has 0 aliphatic rings. The van der Waals surface area contributed by atoms with E-state index in [0.29, 0.717) is 0 Å². The molecule has 0 saturated carbocycles. The topological polar surface area (TPSA) is 90.1 Å². The van der Waals surface area contributed by atoms with Gasteiger partial charge in [-0.05, 0) is 17.8 Å². The van der Waals surface area contributed by atoms with Crippen LogP contribution in [0.3, 0.4) is 0 Å². The number of nitrogens with one attached hydrogen (secondary N) is 1. The van der Waals surface area contributed by atoms with Crippen LogP contribution in [0.5, 0.6) is 0 Å². The van der Waals surface area contributed by atoms with E-state index in [-0.39, 0.29) is 23.5 Å². The minimum Gasteiger partial charge on any atom is -0.358 e. The van der Waals surface area contributed by atoms with E-state index in [1.165, 1.54) is 6.20 Å². The van der Waals surface area contributed by atoms with E-state index in [4.69, 9.17) is 11.6 Å². The van der Waals surface area contributed by atoms with Gasteiger partial charge in [0.2, 0.25) is 5.91 Å². The van der Waals surface area contributed by atoms with Crippen molar-refractivity contribution in [3.63, 3.8) is 0 Å². The maximum atomic E-state index is 11.6. The van der Waals surface area contributed by atoms with E-state index in [0.717, 1.165) is 17.5 Å². The number of nitro groups is 1. The van der Waals surface area contributed by atoms with Crippen molar-refractivity contribution >= 4 is 23.3 Å². The molecular formula is C10H15ClN4O3. The Morgan fingerprint density at radius 3 is 2.67 bits per heavy atom. The maximum Gasteiger partial charge on any atom is 0.408 e. The van der Waals surface area contributed by atoms with E-state index in [1.54, 1.807) is 0 Å². The molecular weight excluding hydrogens is 260 g/mol. The number of hydrogen-bond acceptors (Lipinski definition) is 4. The molecule has 0 aromatic carbocycles. The van der Waals surface area contributed by atoms with Crippen LogP contribution in [0, 0.1) is 10.1 Å². The van der Waals surface area contributed by atoms with E-state index >= 15 is 0 Å². The summed E-state index contributed by atoms with van der Waals surface area (Å²) in [5.41, 5.74) is 0. The molecule has 0 aliphatic carbocycles. The van der Waals surface area contributed by atoms with E-state index in [1.807, 2.05) is 13.8 Å². The van der Waals surface area contributed by atoms with E-state index < -0.39 is 10.7 Å². The van der Waals surface area contributed by atoms with Crippen molar-refractivity contribution in [3.05, 3.63) is 21.3 Å². The minimum atomic E-state index is -0.683. The van der Waals surface area contributed by atoms with Crippen molar-refractivity contribution in [2.45, 2.75) is 39.3 Å². The molecule has 18 heavy (non-hydrogen) atoms. The summed E-state index contributed by atoms with van der Waals surface area (Å²) in [7, 11) is 0. The molecule has 1 amide bonds. The van der Waals surface area contributed by atoms with E-state index in [2.05, 4.69) is 10.4 Å². The van der Waals surface area contributed by atoms with Crippen molar-refractivity contribution in [2.75, 3.05) is 0 Å². The van der Waals surface area contributed by atoms with Gasteiger partial charge >= 0.3 is 5.82 Å². The minimum absolute atomic E-state index is 0.0738. The monoisotopic (exact) mass is 274 g/mol. The molecule has 8 heteroatoms. The molecule has 0 saturated heterocycles. The van der Waals surface area contributed by atoms with Gasteiger partial charge in [0.25, 0.3) is 0 Å². The molecule has 0 atom stereocenters. The number of aromatic nitrogens is 2. The van der Waals surface area contributed by atoms with Crippen LogP contribution in [0.4, 0.5) is 5.82 Å². The third kappa shape index (κ3) is 3.69. The van der Waals surface area contributed by atoms with Crippen LogP contribution in [-0.4, -0.2) is 26.7 Å². The van der Waals surface area contributed by atoms with Gasteiger partial charge in [0.1, 0.15) is 6.54 Å². The smallest absolute Gasteiger partial charge is 0.358 e. The molecule has 1 rings (SSSR count). The van der Waals surface area contributed by atoms with Gasteiger partial charge in [0.05, 0.1) is 11.3 Å². The standard InChI is InChI=1S/C10H15ClN4O3/c1-3-7(4-2)12-9(16)6-14-5-8(11)10(13-14)15(17)18/h5,7H,3-4,6H2,1-2H3,(H,12,16). The molecule has 7 nitrogen and oxygen atoms in total. The highest BCUT2D eigenvalue weighted by Crippen LogP contribution is 2.20. The molecule has 0 fully saturated rings. The van der Waals surface area contributed by atoms with Crippen LogP contribution >= 0.6 is 11.6 Å². The van der Waals surface area contributed by atoms with Gasteiger partial charge in [0, 0.05) is 6.04 Å².